The zero-order valence-corrected chi connectivity index (χ0v) is 12.3. The number of aliphatic hydroxyl groups is 1. The van der Waals surface area contributed by atoms with E-state index in [-0.39, 0.29) is 0 Å². The van der Waals surface area contributed by atoms with Crippen LogP contribution in [-0.2, 0) is 4.74 Å². The van der Waals surface area contributed by atoms with Crippen molar-refractivity contribution in [2.75, 3.05) is 19.8 Å². The van der Waals surface area contributed by atoms with Crippen molar-refractivity contribution >= 4 is 0 Å². The molecule has 1 aliphatic rings. The van der Waals surface area contributed by atoms with Crippen molar-refractivity contribution in [3.05, 3.63) is 29.8 Å². The average Bonchev–Trinajstić information content (AvgIpc) is 2.44. The summed E-state index contributed by atoms with van der Waals surface area (Å²) < 4.78 is 11.2. The number of aliphatic hydroxyl groups excluding tert-OH is 1. The summed E-state index contributed by atoms with van der Waals surface area (Å²) in [5.74, 6) is 0.839. The number of rotatable bonds is 6. The third-order valence-electron chi connectivity index (χ3n) is 3.65. The Morgan fingerprint density at radius 3 is 3.00 bits per heavy atom. The van der Waals surface area contributed by atoms with Gasteiger partial charge in [0, 0.05) is 19.2 Å². The highest BCUT2D eigenvalue weighted by Crippen LogP contribution is 2.16. The first kappa shape index (κ1) is 15.3. The van der Waals surface area contributed by atoms with Gasteiger partial charge in [-0.15, -0.1) is 0 Å². The van der Waals surface area contributed by atoms with Gasteiger partial charge in [0.1, 0.15) is 18.5 Å². The standard InChI is InChI=1S/C16H25NO3/c1-12-5-3-4-6-16(12)20-11-15(18)10-17-14-7-8-19-13(2)9-14/h3-6,13-15,17-18H,7-11H2,1-2H3. The van der Waals surface area contributed by atoms with E-state index in [1.165, 1.54) is 0 Å². The minimum absolute atomic E-state index is 0.307. The molecule has 3 atom stereocenters. The van der Waals surface area contributed by atoms with Gasteiger partial charge in [-0.25, -0.2) is 0 Å². The largest absolute Gasteiger partial charge is 0.491 e. The van der Waals surface area contributed by atoms with E-state index >= 15 is 0 Å². The maximum Gasteiger partial charge on any atom is 0.122 e. The number of para-hydroxylation sites is 1. The van der Waals surface area contributed by atoms with Crippen LogP contribution in [-0.4, -0.2) is 43.1 Å². The predicted octanol–water partition coefficient (Wildman–Crippen LogP) is 1.89. The minimum Gasteiger partial charge on any atom is -0.491 e. The molecule has 0 aromatic heterocycles. The maximum absolute atomic E-state index is 9.98. The molecule has 1 aromatic carbocycles. The number of hydrogen-bond acceptors (Lipinski definition) is 4. The van der Waals surface area contributed by atoms with Crippen molar-refractivity contribution in [1.82, 2.24) is 5.32 Å². The number of ether oxygens (including phenoxy) is 2. The zero-order valence-electron chi connectivity index (χ0n) is 12.3. The molecule has 1 heterocycles. The topological polar surface area (TPSA) is 50.7 Å². The normalized spacial score (nSPS) is 24.4. The van der Waals surface area contributed by atoms with Crippen molar-refractivity contribution < 1.29 is 14.6 Å². The second-order valence-corrected chi connectivity index (χ2v) is 5.54. The van der Waals surface area contributed by atoms with Crippen LogP contribution in [0.3, 0.4) is 0 Å². The van der Waals surface area contributed by atoms with Crippen LogP contribution in [0.5, 0.6) is 5.75 Å². The minimum atomic E-state index is -0.493. The molecular weight excluding hydrogens is 254 g/mol. The summed E-state index contributed by atoms with van der Waals surface area (Å²) in [6.07, 6.45) is 1.83. The van der Waals surface area contributed by atoms with Gasteiger partial charge in [0.25, 0.3) is 0 Å². The third-order valence-corrected chi connectivity index (χ3v) is 3.65. The smallest absolute Gasteiger partial charge is 0.122 e. The van der Waals surface area contributed by atoms with Crippen molar-refractivity contribution in [1.29, 1.82) is 0 Å². The van der Waals surface area contributed by atoms with E-state index in [1.807, 2.05) is 31.2 Å². The Morgan fingerprint density at radius 2 is 2.25 bits per heavy atom. The Bertz CT molecular complexity index is 410. The molecule has 1 aliphatic heterocycles. The Morgan fingerprint density at radius 1 is 1.45 bits per heavy atom. The van der Waals surface area contributed by atoms with Crippen LogP contribution in [0.2, 0.25) is 0 Å². The molecule has 0 radical (unpaired) electrons. The number of benzene rings is 1. The molecule has 1 fully saturated rings. The first-order valence-corrected chi connectivity index (χ1v) is 7.36. The Hall–Kier alpha value is -1.10. The number of hydrogen-bond donors (Lipinski definition) is 2. The number of aryl methyl sites for hydroxylation is 1. The second kappa shape index (κ2) is 7.62. The fourth-order valence-electron chi connectivity index (χ4n) is 2.45. The summed E-state index contributed by atoms with van der Waals surface area (Å²) in [5.41, 5.74) is 1.09. The summed E-state index contributed by atoms with van der Waals surface area (Å²) in [6, 6.07) is 8.29. The van der Waals surface area contributed by atoms with Crippen LogP contribution in [0.1, 0.15) is 25.3 Å². The van der Waals surface area contributed by atoms with Gasteiger partial charge in [0.05, 0.1) is 6.10 Å². The fourth-order valence-corrected chi connectivity index (χ4v) is 2.45. The predicted molar refractivity (Wildman–Crippen MR) is 79.1 cm³/mol. The Kier molecular flexibility index (Phi) is 5.83. The van der Waals surface area contributed by atoms with E-state index < -0.39 is 6.10 Å². The second-order valence-electron chi connectivity index (χ2n) is 5.54. The van der Waals surface area contributed by atoms with Gasteiger partial charge in [0.15, 0.2) is 0 Å². The van der Waals surface area contributed by atoms with Crippen LogP contribution in [0.15, 0.2) is 24.3 Å². The van der Waals surface area contributed by atoms with E-state index in [0.29, 0.717) is 25.3 Å². The summed E-state index contributed by atoms with van der Waals surface area (Å²) in [7, 11) is 0. The molecule has 20 heavy (non-hydrogen) atoms. The summed E-state index contributed by atoms with van der Waals surface area (Å²) in [6.45, 7) is 5.77. The van der Waals surface area contributed by atoms with Gasteiger partial charge in [-0.1, -0.05) is 18.2 Å². The lowest BCUT2D eigenvalue weighted by atomic mass is 10.0. The van der Waals surface area contributed by atoms with Gasteiger partial charge in [0.2, 0.25) is 0 Å². The summed E-state index contributed by atoms with van der Waals surface area (Å²) in [5, 5.41) is 13.4. The molecule has 2 N–H and O–H groups in total. The molecule has 112 valence electrons. The van der Waals surface area contributed by atoms with Crippen molar-refractivity contribution in [2.24, 2.45) is 0 Å². The molecule has 0 aliphatic carbocycles. The average molecular weight is 279 g/mol. The molecule has 1 aromatic rings. The highest BCUT2D eigenvalue weighted by molar-refractivity contribution is 5.31. The van der Waals surface area contributed by atoms with E-state index in [9.17, 15) is 5.11 Å². The molecule has 4 nitrogen and oxygen atoms in total. The van der Waals surface area contributed by atoms with Gasteiger partial charge >= 0.3 is 0 Å². The highest BCUT2D eigenvalue weighted by Gasteiger charge is 2.19. The number of nitrogens with one attached hydrogen (secondary N) is 1. The van der Waals surface area contributed by atoms with Gasteiger partial charge in [-0.2, -0.15) is 0 Å². The van der Waals surface area contributed by atoms with Crippen LogP contribution in [0, 0.1) is 6.92 Å². The van der Waals surface area contributed by atoms with Crippen LogP contribution in [0.25, 0.3) is 0 Å². The maximum atomic E-state index is 9.98. The van der Waals surface area contributed by atoms with Crippen molar-refractivity contribution in [3.8, 4) is 5.75 Å². The van der Waals surface area contributed by atoms with Crippen LogP contribution >= 0.6 is 0 Å². The molecule has 0 saturated carbocycles. The molecule has 0 bridgehead atoms. The SMILES string of the molecule is Cc1ccccc1OCC(O)CNC1CCOC(C)C1. The Balaban J connectivity index is 1.68. The lowest BCUT2D eigenvalue weighted by molar-refractivity contribution is 0.00965. The molecule has 3 unspecified atom stereocenters. The summed E-state index contributed by atoms with van der Waals surface area (Å²) in [4.78, 5) is 0. The summed E-state index contributed by atoms with van der Waals surface area (Å²) >= 11 is 0. The Labute approximate surface area is 121 Å². The van der Waals surface area contributed by atoms with E-state index in [2.05, 4.69) is 12.2 Å². The van der Waals surface area contributed by atoms with E-state index in [4.69, 9.17) is 9.47 Å². The van der Waals surface area contributed by atoms with Crippen LogP contribution in [0.4, 0.5) is 0 Å². The molecule has 0 spiro atoms. The molecule has 2 rings (SSSR count). The van der Waals surface area contributed by atoms with E-state index in [1.54, 1.807) is 0 Å². The zero-order chi connectivity index (χ0) is 14.4. The first-order valence-electron chi connectivity index (χ1n) is 7.36. The van der Waals surface area contributed by atoms with Gasteiger partial charge in [-0.3, -0.25) is 0 Å². The molecule has 1 saturated heterocycles. The van der Waals surface area contributed by atoms with Gasteiger partial charge in [-0.05, 0) is 38.3 Å². The van der Waals surface area contributed by atoms with Crippen LogP contribution < -0.4 is 10.1 Å². The quantitative estimate of drug-likeness (QED) is 0.835. The monoisotopic (exact) mass is 279 g/mol. The van der Waals surface area contributed by atoms with Crippen molar-refractivity contribution in [3.63, 3.8) is 0 Å². The first-order chi connectivity index (χ1) is 9.65. The van der Waals surface area contributed by atoms with E-state index in [0.717, 1.165) is 30.8 Å². The molecule has 0 amide bonds. The fraction of sp³-hybridized carbons (Fsp3) is 0.625. The lowest BCUT2D eigenvalue weighted by Crippen LogP contribution is -2.42. The molecule has 4 heteroatoms. The lowest BCUT2D eigenvalue weighted by Gasteiger charge is -2.28. The van der Waals surface area contributed by atoms with Gasteiger partial charge < -0.3 is 19.9 Å². The molecular formula is C16H25NO3. The van der Waals surface area contributed by atoms with Crippen molar-refractivity contribution in [2.45, 2.75) is 44.9 Å². The third kappa shape index (κ3) is 4.78. The highest BCUT2D eigenvalue weighted by atomic mass is 16.5.